The van der Waals surface area contributed by atoms with Crippen molar-refractivity contribution in [1.29, 1.82) is 0 Å². The van der Waals surface area contributed by atoms with Crippen LogP contribution in [0.1, 0.15) is 18.9 Å². The molecule has 0 heterocycles. The van der Waals surface area contributed by atoms with Crippen LogP contribution in [0.2, 0.25) is 0 Å². The van der Waals surface area contributed by atoms with Gasteiger partial charge in [-0.2, -0.15) is 0 Å². The number of nitrogens with one attached hydrogen (secondary N) is 1. The third-order valence-corrected chi connectivity index (χ3v) is 3.23. The molecule has 1 aromatic carbocycles. The lowest BCUT2D eigenvalue weighted by Crippen LogP contribution is -2.20. The van der Waals surface area contributed by atoms with Gasteiger partial charge in [-0.3, -0.25) is 4.79 Å². The Bertz CT molecular complexity index is 338. The topological polar surface area (TPSA) is 49.3 Å². The van der Waals surface area contributed by atoms with Crippen molar-refractivity contribution in [2.24, 2.45) is 0 Å². The van der Waals surface area contributed by atoms with Crippen molar-refractivity contribution in [2.75, 3.05) is 18.8 Å². The summed E-state index contributed by atoms with van der Waals surface area (Å²) in [6.45, 7) is 3.51. The molecule has 1 rings (SSSR count). The Morgan fingerprint density at radius 3 is 2.59 bits per heavy atom. The van der Waals surface area contributed by atoms with Crippen LogP contribution < -0.4 is 5.32 Å². The largest absolute Gasteiger partial charge is 0.481 e. The van der Waals surface area contributed by atoms with Gasteiger partial charge in [-0.15, -0.1) is 11.8 Å². The summed E-state index contributed by atoms with van der Waals surface area (Å²) >= 11 is 1.84. The fourth-order valence-electron chi connectivity index (χ4n) is 1.47. The van der Waals surface area contributed by atoms with E-state index < -0.39 is 5.97 Å². The molecule has 94 valence electrons. The summed E-state index contributed by atoms with van der Waals surface area (Å²) in [5, 5.41) is 11.6. The summed E-state index contributed by atoms with van der Waals surface area (Å²) in [6, 6.07) is 8.55. The highest BCUT2D eigenvalue weighted by molar-refractivity contribution is 7.99. The molecular weight excluding hydrogens is 234 g/mol. The monoisotopic (exact) mass is 253 g/mol. The van der Waals surface area contributed by atoms with Crippen molar-refractivity contribution < 1.29 is 9.90 Å². The Labute approximate surface area is 107 Å². The molecule has 0 aromatic heterocycles. The van der Waals surface area contributed by atoms with Gasteiger partial charge in [0.1, 0.15) is 0 Å². The van der Waals surface area contributed by atoms with Crippen LogP contribution in [0, 0.1) is 0 Å². The number of thioether (sulfide) groups is 1. The minimum atomic E-state index is -0.751. The number of carbonyl (C=O) groups is 1. The van der Waals surface area contributed by atoms with E-state index in [9.17, 15) is 4.79 Å². The van der Waals surface area contributed by atoms with Gasteiger partial charge in [0.15, 0.2) is 0 Å². The van der Waals surface area contributed by atoms with E-state index in [0.29, 0.717) is 6.54 Å². The molecule has 0 saturated heterocycles. The number of aliphatic carboxylic acids is 1. The van der Waals surface area contributed by atoms with Crippen LogP contribution in [-0.4, -0.2) is 29.9 Å². The van der Waals surface area contributed by atoms with Crippen LogP contribution in [-0.2, 0) is 11.2 Å². The number of hydrogen-bond acceptors (Lipinski definition) is 3. The second kappa shape index (κ2) is 8.14. The van der Waals surface area contributed by atoms with Gasteiger partial charge in [0.05, 0.1) is 6.42 Å². The summed E-state index contributed by atoms with van der Waals surface area (Å²) in [5.74, 6) is 0.342. The number of hydrogen-bond donors (Lipinski definition) is 2. The van der Waals surface area contributed by atoms with Crippen molar-refractivity contribution in [3.8, 4) is 0 Å². The van der Waals surface area contributed by atoms with E-state index in [0.717, 1.165) is 18.7 Å². The molecule has 0 aliphatic rings. The van der Waals surface area contributed by atoms with Gasteiger partial charge < -0.3 is 10.4 Å². The Morgan fingerprint density at radius 1 is 1.29 bits per heavy atom. The van der Waals surface area contributed by atoms with Crippen LogP contribution in [0.15, 0.2) is 29.2 Å². The number of rotatable bonds is 8. The maximum absolute atomic E-state index is 10.3. The molecule has 1 aromatic rings. The van der Waals surface area contributed by atoms with Gasteiger partial charge in [0.25, 0.3) is 0 Å². The highest BCUT2D eigenvalue weighted by Crippen LogP contribution is 2.17. The van der Waals surface area contributed by atoms with Crippen LogP contribution in [0.4, 0.5) is 0 Å². The van der Waals surface area contributed by atoms with Gasteiger partial charge in [-0.25, -0.2) is 0 Å². The second-order valence-corrected chi connectivity index (χ2v) is 5.06. The van der Waals surface area contributed by atoms with Gasteiger partial charge >= 0.3 is 5.97 Å². The first kappa shape index (κ1) is 14.1. The Balaban J connectivity index is 2.20. The van der Waals surface area contributed by atoms with Crippen LogP contribution in [0.25, 0.3) is 0 Å². The lowest BCUT2D eigenvalue weighted by molar-refractivity contribution is -0.136. The van der Waals surface area contributed by atoms with E-state index in [4.69, 9.17) is 5.11 Å². The quantitative estimate of drug-likeness (QED) is 0.552. The Kier molecular flexibility index (Phi) is 6.74. The fraction of sp³-hybridized carbons (Fsp3) is 0.462. The molecule has 0 amide bonds. The molecule has 3 nitrogen and oxygen atoms in total. The lowest BCUT2D eigenvalue weighted by atomic mass is 10.1. The van der Waals surface area contributed by atoms with Crippen molar-refractivity contribution in [1.82, 2.24) is 5.32 Å². The average molecular weight is 253 g/mol. The summed E-state index contributed by atoms with van der Waals surface area (Å²) in [4.78, 5) is 11.6. The van der Waals surface area contributed by atoms with E-state index in [1.54, 1.807) is 0 Å². The van der Waals surface area contributed by atoms with Crippen molar-refractivity contribution in [3.05, 3.63) is 29.8 Å². The average Bonchev–Trinajstić information content (AvgIpc) is 2.31. The first-order valence-corrected chi connectivity index (χ1v) is 6.85. The van der Waals surface area contributed by atoms with Crippen molar-refractivity contribution in [3.63, 3.8) is 0 Å². The van der Waals surface area contributed by atoms with Crippen molar-refractivity contribution in [2.45, 2.75) is 24.7 Å². The fourth-order valence-corrected chi connectivity index (χ4v) is 2.13. The molecule has 0 spiro atoms. The lowest BCUT2D eigenvalue weighted by Gasteiger charge is -2.04. The molecule has 0 aliphatic carbocycles. The molecule has 4 heteroatoms. The molecule has 0 aliphatic heterocycles. The summed E-state index contributed by atoms with van der Waals surface area (Å²) in [5.41, 5.74) is 1.29. The molecule has 0 bridgehead atoms. The Hall–Kier alpha value is -1.00. The number of carboxylic acids is 1. The minimum Gasteiger partial charge on any atom is -0.481 e. The van der Waals surface area contributed by atoms with Crippen LogP contribution in [0.3, 0.4) is 0 Å². The molecule has 2 N–H and O–H groups in total. The smallest absolute Gasteiger partial charge is 0.304 e. The van der Waals surface area contributed by atoms with E-state index in [1.807, 2.05) is 11.8 Å². The minimum absolute atomic E-state index is 0.187. The zero-order valence-electron chi connectivity index (χ0n) is 10.1. The first-order valence-electron chi connectivity index (χ1n) is 5.86. The van der Waals surface area contributed by atoms with E-state index in [2.05, 4.69) is 36.5 Å². The third kappa shape index (κ3) is 6.34. The summed E-state index contributed by atoms with van der Waals surface area (Å²) < 4.78 is 0. The second-order valence-electron chi connectivity index (χ2n) is 3.72. The highest BCUT2D eigenvalue weighted by Gasteiger charge is 1.97. The van der Waals surface area contributed by atoms with Crippen LogP contribution >= 0.6 is 11.8 Å². The predicted molar refractivity (Wildman–Crippen MR) is 71.7 cm³/mol. The SMILES string of the molecule is CCSc1ccc(CCNCCC(=O)O)cc1. The molecule has 0 fully saturated rings. The molecule has 0 radical (unpaired) electrons. The number of carboxylic acid groups (broad SMARTS) is 1. The van der Waals surface area contributed by atoms with Crippen LogP contribution in [0.5, 0.6) is 0 Å². The normalized spacial score (nSPS) is 10.4. The van der Waals surface area contributed by atoms with Gasteiger partial charge in [0.2, 0.25) is 0 Å². The highest BCUT2D eigenvalue weighted by atomic mass is 32.2. The molecule has 0 saturated carbocycles. The van der Waals surface area contributed by atoms with E-state index >= 15 is 0 Å². The molecular formula is C13H19NO2S. The summed E-state index contributed by atoms with van der Waals surface area (Å²) in [7, 11) is 0. The van der Waals surface area contributed by atoms with Gasteiger partial charge in [-0.05, 0) is 36.4 Å². The predicted octanol–water partition coefficient (Wildman–Crippen LogP) is 2.41. The third-order valence-electron chi connectivity index (χ3n) is 2.34. The maximum Gasteiger partial charge on any atom is 0.304 e. The standard InChI is InChI=1S/C13H19NO2S/c1-2-17-12-5-3-11(4-6-12)7-9-14-10-8-13(15)16/h3-6,14H,2,7-10H2,1H3,(H,15,16). The Morgan fingerprint density at radius 2 is 2.00 bits per heavy atom. The maximum atomic E-state index is 10.3. The van der Waals surface area contributed by atoms with E-state index in [1.165, 1.54) is 10.5 Å². The van der Waals surface area contributed by atoms with Crippen molar-refractivity contribution >= 4 is 17.7 Å². The summed E-state index contributed by atoms with van der Waals surface area (Å²) in [6.07, 6.45) is 1.13. The zero-order valence-corrected chi connectivity index (χ0v) is 10.9. The number of benzene rings is 1. The zero-order chi connectivity index (χ0) is 12.5. The van der Waals surface area contributed by atoms with E-state index in [-0.39, 0.29) is 6.42 Å². The first-order chi connectivity index (χ1) is 8.22. The molecule has 0 unspecified atom stereocenters. The van der Waals surface area contributed by atoms with Gasteiger partial charge in [-0.1, -0.05) is 19.1 Å². The molecule has 0 atom stereocenters. The molecule has 17 heavy (non-hydrogen) atoms. The van der Waals surface area contributed by atoms with Gasteiger partial charge in [0, 0.05) is 11.4 Å².